The van der Waals surface area contributed by atoms with Gasteiger partial charge in [0.15, 0.2) is 6.61 Å². The van der Waals surface area contributed by atoms with Gasteiger partial charge in [-0.15, -0.1) is 0 Å². The van der Waals surface area contributed by atoms with Crippen LogP contribution in [0.3, 0.4) is 0 Å². The molecule has 0 unspecified atom stereocenters. The number of nitrogens with two attached hydrogens (primary N) is 1. The van der Waals surface area contributed by atoms with E-state index in [1.165, 1.54) is 6.08 Å². The maximum Gasteiger partial charge on any atom is 0.266 e. The number of nitrogens with one attached hydrogen (secondary N) is 1. The maximum absolute atomic E-state index is 12.2. The van der Waals surface area contributed by atoms with Crippen LogP contribution in [0.1, 0.15) is 11.1 Å². The number of benzene rings is 2. The maximum atomic E-state index is 12.2. The molecule has 2 aromatic rings. The monoisotopic (exact) mass is 335 g/mol. The number of primary amides is 1. The third kappa shape index (κ3) is 5.52. The molecule has 0 aliphatic rings. The fraction of sp³-hybridized carbons (Fsp3) is 0.105. The number of aryl methyl sites for hydroxylation is 1. The van der Waals surface area contributed by atoms with Crippen molar-refractivity contribution in [2.75, 3.05) is 11.9 Å². The van der Waals surface area contributed by atoms with Crippen molar-refractivity contribution in [3.8, 4) is 11.8 Å². The van der Waals surface area contributed by atoms with E-state index in [4.69, 9.17) is 10.5 Å². The number of nitrogens with zero attached hydrogens (tertiary/aromatic N) is 1. The predicted molar refractivity (Wildman–Crippen MR) is 94.5 cm³/mol. The smallest absolute Gasteiger partial charge is 0.266 e. The molecule has 0 spiro atoms. The van der Waals surface area contributed by atoms with Crippen LogP contribution < -0.4 is 15.8 Å². The lowest BCUT2D eigenvalue weighted by atomic mass is 10.1. The van der Waals surface area contributed by atoms with Gasteiger partial charge in [-0.1, -0.05) is 29.8 Å². The molecule has 0 aliphatic carbocycles. The average Bonchev–Trinajstić information content (AvgIpc) is 2.60. The number of hydrogen-bond acceptors (Lipinski definition) is 4. The van der Waals surface area contributed by atoms with Gasteiger partial charge >= 0.3 is 0 Å². The summed E-state index contributed by atoms with van der Waals surface area (Å²) in [6, 6.07) is 15.8. The van der Waals surface area contributed by atoms with E-state index in [9.17, 15) is 14.9 Å². The largest absolute Gasteiger partial charge is 0.484 e. The number of anilines is 1. The molecule has 0 aromatic heterocycles. The van der Waals surface area contributed by atoms with Gasteiger partial charge in [-0.05, 0) is 42.8 Å². The van der Waals surface area contributed by atoms with Gasteiger partial charge in [0.25, 0.3) is 11.8 Å². The molecule has 0 atom stereocenters. The Morgan fingerprint density at radius 3 is 2.36 bits per heavy atom. The van der Waals surface area contributed by atoms with Gasteiger partial charge in [-0.2, -0.15) is 5.26 Å². The van der Waals surface area contributed by atoms with Crippen LogP contribution >= 0.6 is 0 Å². The molecular weight excluding hydrogens is 318 g/mol. The molecule has 3 N–H and O–H groups in total. The summed E-state index contributed by atoms with van der Waals surface area (Å²) in [5.74, 6) is -0.581. The molecule has 6 nitrogen and oxygen atoms in total. The third-order valence-corrected chi connectivity index (χ3v) is 3.25. The van der Waals surface area contributed by atoms with E-state index in [0.717, 1.165) is 5.56 Å². The van der Waals surface area contributed by atoms with Crippen molar-refractivity contribution >= 4 is 23.6 Å². The van der Waals surface area contributed by atoms with Gasteiger partial charge in [-0.3, -0.25) is 9.59 Å². The fourth-order valence-electron chi connectivity index (χ4n) is 1.97. The molecule has 2 amide bonds. The SMILES string of the molecule is Cc1ccc(NC(=O)/C(C#N)=C\c2ccc(OCC(N)=O)cc2)cc1. The summed E-state index contributed by atoms with van der Waals surface area (Å²) >= 11 is 0. The Balaban J connectivity index is 2.08. The minimum absolute atomic E-state index is 0.0219. The number of amides is 2. The number of rotatable bonds is 6. The van der Waals surface area contributed by atoms with Gasteiger partial charge in [0.05, 0.1) is 0 Å². The van der Waals surface area contributed by atoms with Crippen LogP contribution in [0.15, 0.2) is 54.1 Å². The van der Waals surface area contributed by atoms with E-state index in [2.05, 4.69) is 5.32 Å². The topological polar surface area (TPSA) is 105 Å². The number of carbonyl (C=O) groups is 2. The van der Waals surface area contributed by atoms with E-state index >= 15 is 0 Å². The summed E-state index contributed by atoms with van der Waals surface area (Å²) in [7, 11) is 0. The van der Waals surface area contributed by atoms with E-state index in [0.29, 0.717) is 17.0 Å². The summed E-state index contributed by atoms with van der Waals surface area (Å²) in [6.07, 6.45) is 1.47. The molecule has 0 fully saturated rings. The van der Waals surface area contributed by atoms with Crippen LogP contribution in [-0.4, -0.2) is 18.4 Å². The Hall–Kier alpha value is -3.59. The van der Waals surface area contributed by atoms with Crippen LogP contribution in [0, 0.1) is 18.3 Å². The van der Waals surface area contributed by atoms with Gasteiger partial charge in [0.2, 0.25) is 0 Å². The van der Waals surface area contributed by atoms with E-state index in [1.807, 2.05) is 25.1 Å². The summed E-state index contributed by atoms with van der Waals surface area (Å²) in [5.41, 5.74) is 7.33. The lowest BCUT2D eigenvalue weighted by Gasteiger charge is -2.05. The van der Waals surface area contributed by atoms with Crippen molar-refractivity contribution in [1.82, 2.24) is 0 Å². The second-order valence-corrected chi connectivity index (χ2v) is 5.31. The highest BCUT2D eigenvalue weighted by Crippen LogP contribution is 2.16. The first-order valence-corrected chi connectivity index (χ1v) is 7.49. The highest BCUT2D eigenvalue weighted by atomic mass is 16.5. The Bertz CT molecular complexity index is 832. The molecule has 2 aromatic carbocycles. The van der Waals surface area contributed by atoms with Gasteiger partial charge in [0.1, 0.15) is 17.4 Å². The zero-order chi connectivity index (χ0) is 18.2. The summed E-state index contributed by atoms with van der Waals surface area (Å²) in [4.78, 5) is 22.9. The lowest BCUT2D eigenvalue weighted by Crippen LogP contribution is -2.19. The standard InChI is InChI=1S/C19H17N3O3/c1-13-2-6-16(7-3-13)22-19(24)15(11-20)10-14-4-8-17(9-5-14)25-12-18(21)23/h2-10H,12H2,1H3,(H2,21,23)(H,22,24)/b15-10-. The summed E-state index contributed by atoms with van der Waals surface area (Å²) < 4.78 is 5.15. The van der Waals surface area contributed by atoms with Crippen LogP contribution in [0.2, 0.25) is 0 Å². The van der Waals surface area contributed by atoms with Crippen LogP contribution in [-0.2, 0) is 9.59 Å². The minimum atomic E-state index is -0.566. The average molecular weight is 335 g/mol. The van der Waals surface area contributed by atoms with Crippen molar-refractivity contribution in [3.05, 3.63) is 65.2 Å². The first-order valence-electron chi connectivity index (χ1n) is 7.49. The number of ether oxygens (including phenoxy) is 1. The Labute approximate surface area is 145 Å². The molecule has 0 heterocycles. The second kappa shape index (κ2) is 8.31. The Morgan fingerprint density at radius 2 is 1.80 bits per heavy atom. The molecule has 0 bridgehead atoms. The Kier molecular flexibility index (Phi) is 5.91. The number of carbonyl (C=O) groups excluding carboxylic acids is 2. The molecule has 126 valence electrons. The van der Waals surface area contributed by atoms with Crippen LogP contribution in [0.5, 0.6) is 5.75 Å². The van der Waals surface area contributed by atoms with Gasteiger partial charge in [0, 0.05) is 5.69 Å². The molecule has 25 heavy (non-hydrogen) atoms. The first-order chi connectivity index (χ1) is 12.0. The highest BCUT2D eigenvalue weighted by Gasteiger charge is 2.09. The predicted octanol–water partition coefficient (Wildman–Crippen LogP) is 2.40. The highest BCUT2D eigenvalue weighted by molar-refractivity contribution is 6.09. The van der Waals surface area contributed by atoms with Crippen molar-refractivity contribution in [1.29, 1.82) is 5.26 Å². The van der Waals surface area contributed by atoms with Gasteiger partial charge in [-0.25, -0.2) is 0 Å². The molecule has 0 radical (unpaired) electrons. The summed E-state index contributed by atoms with van der Waals surface area (Å²) in [6.45, 7) is 1.74. The third-order valence-electron chi connectivity index (χ3n) is 3.25. The van der Waals surface area contributed by atoms with E-state index < -0.39 is 11.8 Å². The molecule has 0 aliphatic heterocycles. The van der Waals surface area contributed by atoms with Crippen LogP contribution in [0.25, 0.3) is 6.08 Å². The number of nitriles is 1. The molecule has 6 heteroatoms. The zero-order valence-electron chi connectivity index (χ0n) is 13.7. The Morgan fingerprint density at radius 1 is 1.16 bits per heavy atom. The molecular formula is C19H17N3O3. The van der Waals surface area contributed by atoms with E-state index in [1.54, 1.807) is 36.4 Å². The van der Waals surface area contributed by atoms with Crippen molar-refractivity contribution in [2.24, 2.45) is 5.73 Å². The van der Waals surface area contributed by atoms with Crippen LogP contribution in [0.4, 0.5) is 5.69 Å². The van der Waals surface area contributed by atoms with Crippen molar-refractivity contribution in [3.63, 3.8) is 0 Å². The summed E-state index contributed by atoms with van der Waals surface area (Å²) in [5, 5.41) is 11.9. The zero-order valence-corrected chi connectivity index (χ0v) is 13.7. The quantitative estimate of drug-likeness (QED) is 0.624. The van der Waals surface area contributed by atoms with Crippen molar-refractivity contribution < 1.29 is 14.3 Å². The fourth-order valence-corrected chi connectivity index (χ4v) is 1.97. The van der Waals surface area contributed by atoms with Gasteiger partial charge < -0.3 is 15.8 Å². The molecule has 2 rings (SSSR count). The minimum Gasteiger partial charge on any atom is -0.484 e. The van der Waals surface area contributed by atoms with Crippen molar-refractivity contribution in [2.45, 2.75) is 6.92 Å². The first kappa shape index (κ1) is 17.8. The molecule has 0 saturated carbocycles. The van der Waals surface area contributed by atoms with E-state index in [-0.39, 0.29) is 12.2 Å². The normalized spacial score (nSPS) is 10.6. The molecule has 0 saturated heterocycles. The number of hydrogen-bond donors (Lipinski definition) is 2. The lowest BCUT2D eigenvalue weighted by molar-refractivity contribution is -0.120. The second-order valence-electron chi connectivity index (χ2n) is 5.31.